The van der Waals surface area contributed by atoms with Crippen LogP contribution in [0.5, 0.6) is 0 Å². The lowest BCUT2D eigenvalue weighted by molar-refractivity contribution is -0.116. The summed E-state index contributed by atoms with van der Waals surface area (Å²) in [5, 5.41) is 6.10. The Morgan fingerprint density at radius 2 is 2.07 bits per heavy atom. The second-order valence-corrected chi connectivity index (χ2v) is 8.45. The Balaban J connectivity index is 1.48. The molecule has 0 spiro atoms. The number of ether oxygens (including phenoxy) is 1. The third-order valence-electron chi connectivity index (χ3n) is 4.62. The number of carbonyl (C=O) groups is 2. The van der Waals surface area contributed by atoms with Gasteiger partial charge in [0.05, 0.1) is 22.4 Å². The molecule has 1 atom stereocenters. The molecule has 29 heavy (non-hydrogen) atoms. The lowest BCUT2D eigenvalue weighted by Crippen LogP contribution is -2.28. The van der Waals surface area contributed by atoms with Crippen molar-refractivity contribution >= 4 is 40.9 Å². The first-order chi connectivity index (χ1) is 14.0. The summed E-state index contributed by atoms with van der Waals surface area (Å²) < 4.78 is 5.65. The van der Waals surface area contributed by atoms with Gasteiger partial charge in [-0.3, -0.25) is 9.59 Å². The minimum atomic E-state index is -0.197. The van der Waals surface area contributed by atoms with Crippen LogP contribution in [0.15, 0.2) is 47.4 Å². The molecule has 1 aliphatic heterocycles. The molecule has 5 nitrogen and oxygen atoms in total. The number of thioether (sulfide) groups is 1. The maximum Gasteiger partial charge on any atom is 0.252 e. The Morgan fingerprint density at radius 1 is 1.24 bits per heavy atom. The minimum absolute atomic E-state index is 0.168. The van der Waals surface area contributed by atoms with Crippen molar-refractivity contribution in [2.75, 3.05) is 24.2 Å². The van der Waals surface area contributed by atoms with E-state index in [4.69, 9.17) is 16.3 Å². The molecule has 0 aromatic heterocycles. The molecule has 154 valence electrons. The topological polar surface area (TPSA) is 67.4 Å². The van der Waals surface area contributed by atoms with E-state index in [2.05, 4.69) is 10.6 Å². The van der Waals surface area contributed by atoms with Gasteiger partial charge < -0.3 is 15.4 Å². The molecular weight excluding hydrogens is 408 g/mol. The third kappa shape index (κ3) is 6.49. The van der Waals surface area contributed by atoms with Crippen LogP contribution in [0.3, 0.4) is 0 Å². The standard InChI is InChI=1S/C22H25ClN2O3S/c1-15-8-9-19(18(23)13-15)25-21(26)10-11-24-22(27)17-6-2-3-7-20(17)29-14-16-5-4-12-28-16/h2-3,6-9,13,16H,4-5,10-12,14H2,1H3,(H,24,27)(H,25,26). The van der Waals surface area contributed by atoms with Crippen molar-refractivity contribution in [3.8, 4) is 0 Å². The maximum absolute atomic E-state index is 12.6. The highest BCUT2D eigenvalue weighted by molar-refractivity contribution is 7.99. The summed E-state index contributed by atoms with van der Waals surface area (Å²) in [6.45, 7) is 3.01. The predicted octanol–water partition coefficient (Wildman–Crippen LogP) is 4.68. The Morgan fingerprint density at radius 3 is 2.83 bits per heavy atom. The highest BCUT2D eigenvalue weighted by Crippen LogP contribution is 2.27. The monoisotopic (exact) mass is 432 g/mol. The highest BCUT2D eigenvalue weighted by atomic mass is 35.5. The van der Waals surface area contributed by atoms with Crippen molar-refractivity contribution in [1.29, 1.82) is 0 Å². The number of halogens is 1. The zero-order chi connectivity index (χ0) is 20.6. The van der Waals surface area contributed by atoms with E-state index in [0.717, 1.165) is 35.7 Å². The van der Waals surface area contributed by atoms with Crippen LogP contribution in [0.2, 0.25) is 5.02 Å². The normalized spacial score (nSPS) is 15.9. The van der Waals surface area contributed by atoms with Crippen LogP contribution in [-0.2, 0) is 9.53 Å². The van der Waals surface area contributed by atoms with Crippen molar-refractivity contribution in [2.24, 2.45) is 0 Å². The van der Waals surface area contributed by atoms with Crippen LogP contribution < -0.4 is 10.6 Å². The molecule has 2 amide bonds. The van der Waals surface area contributed by atoms with Gasteiger partial charge in [-0.05, 0) is 49.6 Å². The number of nitrogens with one attached hydrogen (secondary N) is 2. The molecule has 2 N–H and O–H groups in total. The fraction of sp³-hybridized carbons (Fsp3) is 0.364. The van der Waals surface area contributed by atoms with Crippen LogP contribution in [0, 0.1) is 6.92 Å². The van der Waals surface area contributed by atoms with Gasteiger partial charge in [0.2, 0.25) is 5.91 Å². The number of amides is 2. The van der Waals surface area contributed by atoms with Crippen LogP contribution in [-0.4, -0.2) is 36.8 Å². The number of aryl methyl sites for hydroxylation is 1. The number of rotatable bonds is 8. The second kappa shape index (κ2) is 10.7. The van der Waals surface area contributed by atoms with Crippen LogP contribution in [0.1, 0.15) is 35.2 Å². The maximum atomic E-state index is 12.6. The summed E-state index contributed by atoms with van der Waals surface area (Å²) >= 11 is 7.77. The van der Waals surface area contributed by atoms with Gasteiger partial charge in [-0.2, -0.15) is 0 Å². The largest absolute Gasteiger partial charge is 0.377 e. The molecule has 1 saturated heterocycles. The Bertz CT molecular complexity index is 869. The van der Waals surface area contributed by atoms with E-state index < -0.39 is 0 Å². The van der Waals surface area contributed by atoms with E-state index >= 15 is 0 Å². The summed E-state index contributed by atoms with van der Waals surface area (Å²) in [5.41, 5.74) is 2.22. The number of hydrogen-bond donors (Lipinski definition) is 2. The van der Waals surface area contributed by atoms with E-state index in [0.29, 0.717) is 16.3 Å². The number of carbonyl (C=O) groups excluding carboxylic acids is 2. The average molecular weight is 433 g/mol. The molecule has 0 bridgehead atoms. The Hall–Kier alpha value is -2.02. The smallest absolute Gasteiger partial charge is 0.252 e. The lowest BCUT2D eigenvalue weighted by Gasteiger charge is -2.12. The summed E-state index contributed by atoms with van der Waals surface area (Å²) in [6, 6.07) is 13.0. The quantitative estimate of drug-likeness (QED) is 0.594. The van der Waals surface area contributed by atoms with Gasteiger partial charge in [0.1, 0.15) is 0 Å². The fourth-order valence-electron chi connectivity index (χ4n) is 3.06. The molecule has 1 heterocycles. The zero-order valence-electron chi connectivity index (χ0n) is 16.4. The first-order valence-corrected chi connectivity index (χ1v) is 11.1. The van der Waals surface area contributed by atoms with Crippen LogP contribution in [0.25, 0.3) is 0 Å². The van der Waals surface area contributed by atoms with E-state index in [1.807, 2.05) is 31.2 Å². The van der Waals surface area contributed by atoms with Crippen molar-refractivity contribution in [3.05, 3.63) is 58.6 Å². The molecule has 7 heteroatoms. The van der Waals surface area contributed by atoms with Crippen LogP contribution in [0.4, 0.5) is 5.69 Å². The van der Waals surface area contributed by atoms with Gasteiger partial charge in [-0.25, -0.2) is 0 Å². The first-order valence-electron chi connectivity index (χ1n) is 9.70. The molecule has 1 fully saturated rings. The van der Waals surface area contributed by atoms with Gasteiger partial charge in [0, 0.05) is 30.2 Å². The molecule has 3 rings (SSSR count). The van der Waals surface area contributed by atoms with Crippen molar-refractivity contribution < 1.29 is 14.3 Å². The molecule has 1 unspecified atom stereocenters. The molecular formula is C22H25ClN2O3S. The van der Waals surface area contributed by atoms with Gasteiger partial charge in [-0.15, -0.1) is 11.8 Å². The van der Waals surface area contributed by atoms with Gasteiger partial charge in [-0.1, -0.05) is 29.8 Å². The third-order valence-corrected chi connectivity index (χ3v) is 6.13. The van der Waals surface area contributed by atoms with E-state index in [-0.39, 0.29) is 30.9 Å². The lowest BCUT2D eigenvalue weighted by atomic mass is 10.2. The second-order valence-electron chi connectivity index (χ2n) is 6.98. The van der Waals surface area contributed by atoms with Crippen molar-refractivity contribution in [1.82, 2.24) is 5.32 Å². The van der Waals surface area contributed by atoms with Gasteiger partial charge in [0.15, 0.2) is 0 Å². The summed E-state index contributed by atoms with van der Waals surface area (Å²) in [7, 11) is 0. The summed E-state index contributed by atoms with van der Waals surface area (Å²) in [4.78, 5) is 25.7. The van der Waals surface area contributed by atoms with E-state index in [1.165, 1.54) is 0 Å². The number of hydrogen-bond acceptors (Lipinski definition) is 4. The Labute approximate surface area is 180 Å². The molecule has 2 aromatic carbocycles. The molecule has 1 aliphatic rings. The molecule has 0 aliphatic carbocycles. The fourth-order valence-corrected chi connectivity index (χ4v) is 4.46. The summed E-state index contributed by atoms with van der Waals surface area (Å²) in [6.07, 6.45) is 2.60. The predicted molar refractivity (Wildman–Crippen MR) is 118 cm³/mol. The minimum Gasteiger partial charge on any atom is -0.377 e. The molecule has 0 radical (unpaired) electrons. The molecule has 2 aromatic rings. The first kappa shape index (κ1) is 21.7. The summed E-state index contributed by atoms with van der Waals surface area (Å²) in [5.74, 6) is 0.461. The van der Waals surface area contributed by atoms with Crippen molar-refractivity contribution in [2.45, 2.75) is 37.2 Å². The highest BCUT2D eigenvalue weighted by Gasteiger charge is 2.18. The van der Waals surface area contributed by atoms with E-state index in [9.17, 15) is 9.59 Å². The van der Waals surface area contributed by atoms with Gasteiger partial charge in [0.25, 0.3) is 5.91 Å². The zero-order valence-corrected chi connectivity index (χ0v) is 17.9. The Kier molecular flexibility index (Phi) is 7.98. The number of benzene rings is 2. The SMILES string of the molecule is Cc1ccc(NC(=O)CCNC(=O)c2ccccc2SCC2CCCO2)c(Cl)c1. The van der Waals surface area contributed by atoms with E-state index in [1.54, 1.807) is 30.0 Å². The average Bonchev–Trinajstić information content (AvgIpc) is 3.22. The molecule has 0 saturated carbocycles. The van der Waals surface area contributed by atoms with Gasteiger partial charge >= 0.3 is 0 Å². The van der Waals surface area contributed by atoms with Crippen LogP contribution >= 0.6 is 23.4 Å². The van der Waals surface area contributed by atoms with Crippen molar-refractivity contribution in [3.63, 3.8) is 0 Å². The number of anilines is 1.